The van der Waals surface area contributed by atoms with Crippen LogP contribution in [0, 0.1) is 0 Å². The average molecular weight is 283 g/mol. The first-order valence-corrected chi connectivity index (χ1v) is 6.51. The molecular formula is C12H21N5O3. The molecule has 3 N–H and O–H groups in total. The van der Waals surface area contributed by atoms with E-state index in [-0.39, 0.29) is 18.1 Å². The van der Waals surface area contributed by atoms with Gasteiger partial charge >= 0.3 is 6.09 Å². The zero-order valence-corrected chi connectivity index (χ0v) is 12.2. The molecule has 1 aromatic rings. The van der Waals surface area contributed by atoms with Crippen molar-refractivity contribution in [3.05, 3.63) is 5.82 Å². The molecule has 2 rings (SSSR count). The van der Waals surface area contributed by atoms with Crippen LogP contribution < -0.4 is 11.1 Å². The molecule has 8 heteroatoms. The average Bonchev–Trinajstić information content (AvgIpc) is 2.69. The highest BCUT2D eigenvalue weighted by atomic mass is 16.6. The molecule has 1 amide bonds. The smallest absolute Gasteiger partial charge is 0.414 e. The van der Waals surface area contributed by atoms with Gasteiger partial charge in [-0.15, -0.1) is 5.10 Å². The van der Waals surface area contributed by atoms with Crippen LogP contribution in [0.2, 0.25) is 0 Å². The summed E-state index contributed by atoms with van der Waals surface area (Å²) in [4.78, 5) is 15.9. The first kappa shape index (κ1) is 14.7. The predicted octanol–water partition coefficient (Wildman–Crippen LogP) is 1.04. The summed E-state index contributed by atoms with van der Waals surface area (Å²) in [7, 11) is 1.64. The number of aromatic nitrogens is 3. The van der Waals surface area contributed by atoms with E-state index in [1.165, 1.54) is 0 Å². The van der Waals surface area contributed by atoms with Gasteiger partial charge in [0.2, 0.25) is 0 Å². The van der Waals surface area contributed by atoms with Crippen LogP contribution in [-0.4, -0.2) is 39.7 Å². The van der Waals surface area contributed by atoms with Crippen molar-refractivity contribution in [2.24, 2.45) is 5.73 Å². The molecule has 0 spiro atoms. The summed E-state index contributed by atoms with van der Waals surface area (Å²) in [5, 5.41) is 6.71. The second-order valence-electron chi connectivity index (χ2n) is 5.80. The number of nitrogens with two attached hydrogens (primary N) is 1. The Kier molecular flexibility index (Phi) is 3.96. The van der Waals surface area contributed by atoms with E-state index < -0.39 is 11.7 Å². The molecule has 0 fully saturated rings. The van der Waals surface area contributed by atoms with Gasteiger partial charge in [-0.3, -0.25) is 5.32 Å². The molecule has 0 saturated heterocycles. The van der Waals surface area contributed by atoms with Crippen molar-refractivity contribution in [3.8, 4) is 0 Å². The van der Waals surface area contributed by atoms with E-state index in [4.69, 9.17) is 15.2 Å². The van der Waals surface area contributed by atoms with Crippen LogP contribution >= 0.6 is 0 Å². The summed E-state index contributed by atoms with van der Waals surface area (Å²) in [5.41, 5.74) is 5.44. The van der Waals surface area contributed by atoms with Crippen molar-refractivity contribution in [2.45, 2.75) is 51.5 Å². The van der Waals surface area contributed by atoms with E-state index in [0.29, 0.717) is 18.8 Å². The molecule has 0 saturated carbocycles. The van der Waals surface area contributed by atoms with Crippen LogP contribution in [-0.2, 0) is 16.0 Å². The van der Waals surface area contributed by atoms with E-state index in [1.807, 2.05) is 0 Å². The number of hydrogen-bond acceptors (Lipinski definition) is 6. The fourth-order valence-corrected chi connectivity index (χ4v) is 2.04. The fourth-order valence-electron chi connectivity index (χ4n) is 2.04. The Morgan fingerprint density at radius 3 is 2.80 bits per heavy atom. The molecule has 0 radical (unpaired) electrons. The highest BCUT2D eigenvalue weighted by molar-refractivity contribution is 5.82. The highest BCUT2D eigenvalue weighted by Gasteiger charge is 2.28. The standard InChI is InChI=1S/C12H21N5O3/c1-12(2,3)20-11(18)15-10-14-9-8(13)5-7(19-4)6-17(9)16-10/h7-8H,5-6,13H2,1-4H3,(H,15,16,18). The van der Waals surface area contributed by atoms with Crippen LogP contribution in [0.15, 0.2) is 0 Å². The van der Waals surface area contributed by atoms with Gasteiger partial charge in [-0.2, -0.15) is 4.98 Å². The minimum absolute atomic E-state index is 0.00794. The molecule has 20 heavy (non-hydrogen) atoms. The van der Waals surface area contributed by atoms with Crippen molar-refractivity contribution >= 4 is 12.0 Å². The summed E-state index contributed by atoms with van der Waals surface area (Å²) in [5.74, 6) is 0.839. The number of amides is 1. The van der Waals surface area contributed by atoms with Gasteiger partial charge in [-0.1, -0.05) is 0 Å². The second-order valence-corrected chi connectivity index (χ2v) is 5.80. The molecule has 112 valence electrons. The number of carbonyl (C=O) groups excluding carboxylic acids is 1. The first-order valence-electron chi connectivity index (χ1n) is 6.51. The minimum Gasteiger partial charge on any atom is -0.444 e. The van der Waals surface area contributed by atoms with Crippen molar-refractivity contribution in [1.29, 1.82) is 0 Å². The first-order chi connectivity index (χ1) is 9.28. The lowest BCUT2D eigenvalue weighted by atomic mass is 10.1. The Morgan fingerprint density at radius 1 is 1.50 bits per heavy atom. The van der Waals surface area contributed by atoms with E-state index >= 15 is 0 Å². The van der Waals surface area contributed by atoms with Crippen molar-refractivity contribution in [3.63, 3.8) is 0 Å². The highest BCUT2D eigenvalue weighted by Crippen LogP contribution is 2.23. The lowest BCUT2D eigenvalue weighted by Crippen LogP contribution is -2.33. The Bertz CT molecular complexity index is 494. The van der Waals surface area contributed by atoms with Gasteiger partial charge in [-0.25, -0.2) is 9.48 Å². The summed E-state index contributed by atoms with van der Waals surface area (Å²) in [6, 6.07) is -0.254. The normalized spacial score (nSPS) is 22.2. The number of nitrogens with one attached hydrogen (secondary N) is 1. The van der Waals surface area contributed by atoms with Crippen LogP contribution in [0.3, 0.4) is 0 Å². The lowest BCUT2D eigenvalue weighted by Gasteiger charge is -2.25. The van der Waals surface area contributed by atoms with Crippen molar-refractivity contribution < 1.29 is 14.3 Å². The number of hydrogen-bond donors (Lipinski definition) is 2. The summed E-state index contributed by atoms with van der Waals surface area (Å²) in [6.45, 7) is 5.94. The quantitative estimate of drug-likeness (QED) is 0.840. The Labute approximate surface area is 117 Å². The van der Waals surface area contributed by atoms with Crippen LogP contribution in [0.25, 0.3) is 0 Å². The van der Waals surface area contributed by atoms with Gasteiger partial charge in [0.1, 0.15) is 11.4 Å². The van der Waals surface area contributed by atoms with Gasteiger partial charge in [0, 0.05) is 7.11 Å². The fraction of sp³-hybridized carbons (Fsp3) is 0.750. The molecule has 0 aromatic carbocycles. The summed E-state index contributed by atoms with van der Waals surface area (Å²) in [6.07, 6.45) is 0.104. The lowest BCUT2D eigenvalue weighted by molar-refractivity contribution is 0.0578. The van der Waals surface area contributed by atoms with Crippen LogP contribution in [0.1, 0.15) is 39.1 Å². The van der Waals surface area contributed by atoms with Gasteiger partial charge in [0.25, 0.3) is 5.95 Å². The maximum absolute atomic E-state index is 11.7. The van der Waals surface area contributed by atoms with Crippen LogP contribution in [0.5, 0.6) is 0 Å². The molecule has 0 aliphatic carbocycles. The van der Waals surface area contributed by atoms with Crippen molar-refractivity contribution in [2.75, 3.05) is 12.4 Å². The van der Waals surface area contributed by atoms with Crippen molar-refractivity contribution in [1.82, 2.24) is 14.8 Å². The summed E-state index contributed by atoms with van der Waals surface area (Å²) >= 11 is 0. The number of ether oxygens (including phenoxy) is 2. The third-order valence-corrected chi connectivity index (χ3v) is 2.87. The van der Waals surface area contributed by atoms with E-state index in [0.717, 1.165) is 0 Å². The zero-order chi connectivity index (χ0) is 14.9. The minimum atomic E-state index is -0.586. The number of methoxy groups -OCH3 is 1. The van der Waals surface area contributed by atoms with E-state index in [2.05, 4.69) is 15.4 Å². The van der Waals surface area contributed by atoms with Gasteiger partial charge in [-0.05, 0) is 27.2 Å². The molecule has 1 aliphatic heterocycles. The Balaban J connectivity index is 2.07. The molecule has 0 bridgehead atoms. The molecule has 2 atom stereocenters. The summed E-state index contributed by atoms with van der Waals surface area (Å²) < 4.78 is 12.1. The number of fused-ring (bicyclic) bond motifs is 1. The second kappa shape index (κ2) is 5.37. The molecular weight excluding hydrogens is 262 g/mol. The van der Waals surface area contributed by atoms with Gasteiger partial charge < -0.3 is 15.2 Å². The molecule has 8 nitrogen and oxygen atoms in total. The maximum atomic E-state index is 11.7. The molecule has 2 heterocycles. The largest absolute Gasteiger partial charge is 0.444 e. The predicted molar refractivity (Wildman–Crippen MR) is 72.2 cm³/mol. The number of rotatable bonds is 2. The number of anilines is 1. The van der Waals surface area contributed by atoms with E-state index in [9.17, 15) is 4.79 Å². The topological polar surface area (TPSA) is 104 Å². The third-order valence-electron chi connectivity index (χ3n) is 2.87. The van der Waals surface area contributed by atoms with E-state index in [1.54, 1.807) is 32.6 Å². The number of nitrogens with zero attached hydrogens (tertiary/aromatic N) is 3. The monoisotopic (exact) mass is 283 g/mol. The number of carbonyl (C=O) groups is 1. The van der Waals surface area contributed by atoms with Gasteiger partial charge in [0.05, 0.1) is 18.7 Å². The third kappa shape index (κ3) is 3.45. The molecule has 1 aliphatic rings. The Morgan fingerprint density at radius 2 is 2.20 bits per heavy atom. The maximum Gasteiger partial charge on any atom is 0.414 e. The molecule has 2 unspecified atom stereocenters. The zero-order valence-electron chi connectivity index (χ0n) is 12.2. The van der Waals surface area contributed by atoms with Crippen LogP contribution in [0.4, 0.5) is 10.7 Å². The molecule has 1 aromatic heterocycles. The Hall–Kier alpha value is -1.67. The SMILES string of the molecule is COC1CC(N)c2nc(NC(=O)OC(C)(C)C)nn2C1. The van der Waals surface area contributed by atoms with Gasteiger partial charge in [0.15, 0.2) is 0 Å².